The first kappa shape index (κ1) is 12.5. The predicted molar refractivity (Wildman–Crippen MR) is 79.9 cm³/mol. The number of aryl methyl sites for hydroxylation is 1. The Balaban J connectivity index is 1.94. The van der Waals surface area contributed by atoms with E-state index in [1.165, 1.54) is 5.56 Å². The lowest BCUT2D eigenvalue weighted by atomic mass is 10.1. The summed E-state index contributed by atoms with van der Waals surface area (Å²) < 4.78 is 0. The molecule has 0 fully saturated rings. The van der Waals surface area contributed by atoms with E-state index < -0.39 is 0 Å². The third-order valence-electron chi connectivity index (χ3n) is 2.53. The Morgan fingerprint density at radius 2 is 1.89 bits per heavy atom. The second kappa shape index (κ2) is 6.12. The van der Waals surface area contributed by atoms with Crippen LogP contribution in [0.1, 0.15) is 12.5 Å². The molecule has 2 aromatic rings. The molecule has 0 aliphatic carbocycles. The van der Waals surface area contributed by atoms with Crippen LogP contribution in [-0.4, -0.2) is 10.1 Å². The first-order chi connectivity index (χ1) is 8.78. The van der Waals surface area contributed by atoms with Gasteiger partial charge >= 0.3 is 0 Å². The maximum absolute atomic E-state index is 5.22. The van der Waals surface area contributed by atoms with Gasteiger partial charge in [-0.25, -0.2) is 4.98 Å². The van der Waals surface area contributed by atoms with E-state index in [-0.39, 0.29) is 0 Å². The van der Waals surface area contributed by atoms with Crippen LogP contribution in [0, 0.1) is 0 Å². The topological polar surface area (TPSA) is 37.0 Å². The minimum Gasteiger partial charge on any atom is -0.332 e. The van der Waals surface area contributed by atoms with Crippen molar-refractivity contribution in [3.05, 3.63) is 54.2 Å². The Morgan fingerprint density at radius 1 is 1.11 bits per heavy atom. The normalized spacial score (nSPS) is 9.83. The average molecular weight is 257 g/mol. The highest BCUT2D eigenvalue weighted by atomic mass is 32.1. The maximum atomic E-state index is 5.22. The van der Waals surface area contributed by atoms with Gasteiger partial charge in [0, 0.05) is 11.9 Å². The molecule has 4 heteroatoms. The van der Waals surface area contributed by atoms with Crippen molar-refractivity contribution in [2.24, 2.45) is 0 Å². The zero-order valence-electron chi connectivity index (χ0n) is 10.2. The van der Waals surface area contributed by atoms with Crippen LogP contribution < -0.4 is 10.6 Å². The smallest absolute Gasteiger partial charge is 0.176 e. The minimum absolute atomic E-state index is 0.540. The largest absolute Gasteiger partial charge is 0.332 e. The molecule has 0 saturated carbocycles. The Labute approximate surface area is 112 Å². The van der Waals surface area contributed by atoms with Crippen LogP contribution in [0.3, 0.4) is 0 Å². The molecule has 0 unspecified atom stereocenters. The van der Waals surface area contributed by atoms with E-state index in [9.17, 15) is 0 Å². The highest BCUT2D eigenvalue weighted by molar-refractivity contribution is 7.80. The minimum atomic E-state index is 0.540. The van der Waals surface area contributed by atoms with Gasteiger partial charge in [0.25, 0.3) is 0 Å². The molecule has 1 aromatic carbocycles. The summed E-state index contributed by atoms with van der Waals surface area (Å²) in [5.41, 5.74) is 2.28. The quantitative estimate of drug-likeness (QED) is 0.826. The van der Waals surface area contributed by atoms with Gasteiger partial charge in [-0.2, -0.15) is 0 Å². The van der Waals surface area contributed by atoms with Crippen molar-refractivity contribution in [1.29, 1.82) is 0 Å². The summed E-state index contributed by atoms with van der Waals surface area (Å²) in [6.45, 7) is 2.13. The first-order valence-corrected chi connectivity index (χ1v) is 6.26. The highest BCUT2D eigenvalue weighted by Crippen LogP contribution is 2.10. The lowest BCUT2D eigenvalue weighted by Gasteiger charge is -2.10. The van der Waals surface area contributed by atoms with E-state index in [0.29, 0.717) is 5.11 Å². The number of hydrogen-bond donors (Lipinski definition) is 2. The molecule has 0 atom stereocenters. The molecule has 18 heavy (non-hydrogen) atoms. The molecule has 0 aliphatic heterocycles. The van der Waals surface area contributed by atoms with Crippen molar-refractivity contribution in [3.63, 3.8) is 0 Å². The number of thiocarbonyl (C=S) groups is 1. The molecule has 1 aromatic heterocycles. The summed E-state index contributed by atoms with van der Waals surface area (Å²) in [5.74, 6) is 0.736. The van der Waals surface area contributed by atoms with Crippen LogP contribution in [0.25, 0.3) is 0 Å². The standard InChI is InChI=1S/C14H15N3S/c1-2-11-6-8-12(9-7-11)16-14(18)17-13-5-3-4-10-15-13/h3-10H,2H2,1H3,(H2,15,16,17,18). The van der Waals surface area contributed by atoms with Crippen molar-refractivity contribution in [1.82, 2.24) is 4.98 Å². The molecule has 0 bridgehead atoms. The van der Waals surface area contributed by atoms with Crippen LogP contribution in [-0.2, 0) is 6.42 Å². The monoisotopic (exact) mass is 257 g/mol. The summed E-state index contributed by atoms with van der Waals surface area (Å²) in [5, 5.41) is 6.69. The average Bonchev–Trinajstić information content (AvgIpc) is 2.40. The Bertz CT molecular complexity index is 508. The van der Waals surface area contributed by atoms with Gasteiger partial charge in [-0.15, -0.1) is 0 Å². The molecule has 2 rings (SSSR count). The van der Waals surface area contributed by atoms with Gasteiger partial charge in [-0.1, -0.05) is 25.1 Å². The van der Waals surface area contributed by atoms with E-state index in [4.69, 9.17) is 12.2 Å². The lowest BCUT2D eigenvalue weighted by Crippen LogP contribution is -2.19. The molecular weight excluding hydrogens is 242 g/mol. The number of nitrogens with one attached hydrogen (secondary N) is 2. The van der Waals surface area contributed by atoms with Crippen LogP contribution >= 0.6 is 12.2 Å². The van der Waals surface area contributed by atoms with Gasteiger partial charge in [-0.05, 0) is 48.5 Å². The molecule has 0 saturated heterocycles. The molecular formula is C14H15N3S. The molecule has 92 valence electrons. The third kappa shape index (κ3) is 3.53. The number of benzene rings is 1. The van der Waals surface area contributed by atoms with Crippen LogP contribution in [0.5, 0.6) is 0 Å². The fourth-order valence-corrected chi connectivity index (χ4v) is 1.76. The van der Waals surface area contributed by atoms with Crippen molar-refractivity contribution in [3.8, 4) is 0 Å². The maximum Gasteiger partial charge on any atom is 0.176 e. The Hall–Kier alpha value is -1.94. The zero-order chi connectivity index (χ0) is 12.8. The molecule has 0 amide bonds. The van der Waals surface area contributed by atoms with E-state index in [0.717, 1.165) is 17.9 Å². The van der Waals surface area contributed by atoms with Crippen molar-refractivity contribution >= 4 is 28.8 Å². The molecule has 1 heterocycles. The van der Waals surface area contributed by atoms with E-state index in [2.05, 4.69) is 34.7 Å². The van der Waals surface area contributed by atoms with Gasteiger partial charge in [-0.3, -0.25) is 0 Å². The van der Waals surface area contributed by atoms with E-state index in [1.807, 2.05) is 30.3 Å². The predicted octanol–water partition coefficient (Wildman–Crippen LogP) is 3.45. The summed E-state index contributed by atoms with van der Waals surface area (Å²) >= 11 is 5.22. The lowest BCUT2D eigenvalue weighted by molar-refractivity contribution is 1.14. The number of aromatic nitrogens is 1. The van der Waals surface area contributed by atoms with Crippen LogP contribution in [0.15, 0.2) is 48.7 Å². The highest BCUT2D eigenvalue weighted by Gasteiger charge is 1.99. The number of rotatable bonds is 3. The van der Waals surface area contributed by atoms with Gasteiger partial charge in [0.05, 0.1) is 0 Å². The molecule has 3 nitrogen and oxygen atoms in total. The third-order valence-corrected chi connectivity index (χ3v) is 2.73. The summed E-state index contributed by atoms with van der Waals surface area (Å²) in [7, 11) is 0. The summed E-state index contributed by atoms with van der Waals surface area (Å²) in [6.07, 6.45) is 2.76. The molecule has 0 spiro atoms. The SMILES string of the molecule is CCc1ccc(NC(=S)Nc2ccccn2)cc1. The fourth-order valence-electron chi connectivity index (χ4n) is 1.54. The second-order valence-corrected chi connectivity index (χ2v) is 4.25. The molecule has 0 aliphatic rings. The van der Waals surface area contributed by atoms with Gasteiger partial charge < -0.3 is 10.6 Å². The van der Waals surface area contributed by atoms with Gasteiger partial charge in [0.15, 0.2) is 5.11 Å². The van der Waals surface area contributed by atoms with Gasteiger partial charge in [0.2, 0.25) is 0 Å². The van der Waals surface area contributed by atoms with Crippen molar-refractivity contribution in [2.75, 3.05) is 10.6 Å². The van der Waals surface area contributed by atoms with Gasteiger partial charge in [0.1, 0.15) is 5.82 Å². The first-order valence-electron chi connectivity index (χ1n) is 5.86. The second-order valence-electron chi connectivity index (χ2n) is 3.84. The van der Waals surface area contributed by atoms with Crippen LogP contribution in [0.4, 0.5) is 11.5 Å². The van der Waals surface area contributed by atoms with Crippen molar-refractivity contribution in [2.45, 2.75) is 13.3 Å². The number of nitrogens with zero attached hydrogens (tertiary/aromatic N) is 1. The van der Waals surface area contributed by atoms with Crippen molar-refractivity contribution < 1.29 is 0 Å². The number of hydrogen-bond acceptors (Lipinski definition) is 2. The Morgan fingerprint density at radius 3 is 2.50 bits per heavy atom. The van der Waals surface area contributed by atoms with E-state index in [1.54, 1.807) is 6.20 Å². The fraction of sp³-hybridized carbons (Fsp3) is 0.143. The molecule has 0 radical (unpaired) electrons. The Kier molecular flexibility index (Phi) is 4.25. The summed E-state index contributed by atoms with van der Waals surface area (Å²) in [4.78, 5) is 4.15. The number of pyridine rings is 1. The number of anilines is 2. The van der Waals surface area contributed by atoms with E-state index >= 15 is 0 Å². The molecule has 2 N–H and O–H groups in total. The summed E-state index contributed by atoms with van der Waals surface area (Å²) in [6, 6.07) is 13.9. The van der Waals surface area contributed by atoms with Crippen LogP contribution in [0.2, 0.25) is 0 Å². The zero-order valence-corrected chi connectivity index (χ0v) is 11.0.